The third-order valence-corrected chi connectivity index (χ3v) is 14.4. The first-order valence-corrected chi connectivity index (χ1v) is 25.5. The first kappa shape index (κ1) is 51.4. The molecule has 1 saturated carbocycles. The third kappa shape index (κ3) is 12.3. The van der Waals surface area contributed by atoms with E-state index in [0.29, 0.717) is 60.3 Å². The van der Waals surface area contributed by atoms with Crippen molar-refractivity contribution < 1.29 is 57.9 Å². The van der Waals surface area contributed by atoms with Crippen LogP contribution in [0.4, 0.5) is 10.5 Å². The minimum Gasteiger partial charge on any atom is -0.492 e. The second-order valence-corrected chi connectivity index (χ2v) is 19.1. The van der Waals surface area contributed by atoms with Crippen LogP contribution >= 0.6 is 0 Å². The van der Waals surface area contributed by atoms with E-state index in [0.717, 1.165) is 67.6 Å². The van der Waals surface area contributed by atoms with Gasteiger partial charge in [-0.1, -0.05) is 66.5 Å². The summed E-state index contributed by atoms with van der Waals surface area (Å²) in [5.41, 5.74) is 4.73. The Morgan fingerprint density at radius 2 is 1.63 bits per heavy atom. The second-order valence-electron chi connectivity index (χ2n) is 19.1. The summed E-state index contributed by atoms with van der Waals surface area (Å²) in [6, 6.07) is 26.5. The minimum absolute atomic E-state index is 0.00111. The minimum atomic E-state index is -1.57. The molecule has 2 N–H and O–H groups in total. The number of carbonyl (C=O) groups excluding carboxylic acids is 1. The molecule has 5 aliphatic rings. The lowest BCUT2D eigenvalue weighted by molar-refractivity contribution is -0.384. The topological polar surface area (TPSA) is 193 Å². The largest absolute Gasteiger partial charge is 0.492 e. The Labute approximate surface area is 426 Å². The normalized spacial score (nSPS) is 22.8. The van der Waals surface area contributed by atoms with Gasteiger partial charge in [0.15, 0.2) is 11.5 Å². The van der Waals surface area contributed by atoms with Crippen molar-refractivity contribution in [3.8, 4) is 23.0 Å². The van der Waals surface area contributed by atoms with Crippen LogP contribution < -0.4 is 18.9 Å². The molecule has 4 aromatic carbocycles. The van der Waals surface area contributed by atoms with Crippen molar-refractivity contribution in [1.29, 1.82) is 0 Å². The van der Waals surface area contributed by atoms with Crippen LogP contribution in [0.2, 0.25) is 0 Å². The van der Waals surface area contributed by atoms with Gasteiger partial charge in [-0.3, -0.25) is 19.9 Å². The first-order valence-electron chi connectivity index (χ1n) is 25.5. The van der Waals surface area contributed by atoms with E-state index < -0.39 is 28.8 Å². The van der Waals surface area contributed by atoms with Crippen molar-refractivity contribution in [1.82, 2.24) is 9.80 Å². The number of unbranched alkanes of at least 4 members (excludes halogenated alkanes) is 2. The number of allylic oxidation sites excluding steroid dienone is 1. The van der Waals surface area contributed by atoms with Crippen molar-refractivity contribution in [2.45, 2.75) is 82.5 Å². The molecule has 388 valence electrons. The van der Waals surface area contributed by atoms with Gasteiger partial charge in [-0.25, -0.2) is 4.79 Å². The van der Waals surface area contributed by atoms with Crippen LogP contribution in [0.15, 0.2) is 120 Å². The van der Waals surface area contributed by atoms with E-state index in [1.165, 1.54) is 12.1 Å². The fraction of sp³-hybridized carbons (Fsp3) is 0.464. The van der Waals surface area contributed by atoms with Gasteiger partial charge < -0.3 is 48.2 Å². The van der Waals surface area contributed by atoms with Crippen LogP contribution in [0.1, 0.15) is 73.1 Å². The van der Waals surface area contributed by atoms with E-state index in [-0.39, 0.29) is 82.8 Å². The molecule has 0 aromatic heterocycles. The van der Waals surface area contributed by atoms with E-state index in [2.05, 4.69) is 23.6 Å². The summed E-state index contributed by atoms with van der Waals surface area (Å²) in [6.45, 7) is 8.29. The summed E-state index contributed by atoms with van der Waals surface area (Å²) in [5.74, 6) is -0.0233. The highest BCUT2D eigenvalue weighted by Gasteiger charge is 2.66. The van der Waals surface area contributed by atoms with Crippen LogP contribution in [0.3, 0.4) is 0 Å². The predicted molar refractivity (Wildman–Crippen MR) is 270 cm³/mol. The highest BCUT2D eigenvalue weighted by Crippen LogP contribution is 2.62. The van der Waals surface area contributed by atoms with Crippen LogP contribution in [-0.4, -0.2) is 115 Å². The van der Waals surface area contributed by atoms with Gasteiger partial charge >= 0.3 is 6.09 Å². The van der Waals surface area contributed by atoms with Crippen LogP contribution in [0.25, 0.3) is 0 Å². The molecule has 9 rings (SSSR count). The molecule has 0 radical (unpaired) electrons. The van der Waals surface area contributed by atoms with Gasteiger partial charge in [0, 0.05) is 69.4 Å². The number of nitro benzene ring substituents is 1. The average molecular weight is 1000 g/mol. The van der Waals surface area contributed by atoms with Crippen molar-refractivity contribution >= 4 is 17.5 Å². The molecule has 0 bridgehead atoms. The molecule has 17 nitrogen and oxygen atoms in total. The van der Waals surface area contributed by atoms with Crippen molar-refractivity contribution in [3.63, 3.8) is 0 Å². The number of carbonyl (C=O) groups is 1. The fourth-order valence-electron chi connectivity index (χ4n) is 10.8. The molecule has 1 amide bonds. The molecule has 73 heavy (non-hydrogen) atoms. The number of non-ortho nitro benzene ring substituents is 1. The number of oxime groups is 1. The molecule has 2 aliphatic carbocycles. The van der Waals surface area contributed by atoms with E-state index in [1.54, 1.807) is 23.1 Å². The highest BCUT2D eigenvalue weighted by molar-refractivity contribution is 6.03. The smallest absolute Gasteiger partial charge is 0.410 e. The molecule has 0 spiro atoms. The van der Waals surface area contributed by atoms with Gasteiger partial charge in [0.1, 0.15) is 37.4 Å². The number of aliphatic hydroxyl groups is 2. The third-order valence-electron chi connectivity index (χ3n) is 14.4. The standard InChI is InChI=1S/C56H66N4O13/c1-2-27-71-56-52(59(35-41-16-20-50-51(31-41)70-38-69-50)55(63)68-30-29-66-36-39-10-4-3-5-11-39)34-48(57-72-37-40-14-17-43(18-15-40)60(64)65)46-32-42(12-6-8-25-61)45(13-7-9-26-62)53(54(46)56)47-33-44(19-21-49(47)73-56)67-28-24-58-22-23-58/h2-5,10-11,14-21,31-33,42,45,52-54,61-62H,1,6-9,12-13,22-30,34-38H2/t42-,45+,52-,53+,54+,56+/m0/s1. The molecule has 0 unspecified atom stereocenters. The van der Waals surface area contributed by atoms with Crippen LogP contribution in [-0.2, 0) is 38.8 Å². The number of hydrogen-bond acceptors (Lipinski definition) is 15. The van der Waals surface area contributed by atoms with Crippen LogP contribution in [0, 0.1) is 27.9 Å². The highest BCUT2D eigenvalue weighted by atomic mass is 16.7. The summed E-state index contributed by atoms with van der Waals surface area (Å²) >= 11 is 0. The van der Waals surface area contributed by atoms with Gasteiger partial charge in [-0.05, 0) is 102 Å². The molecule has 17 heteroatoms. The molecule has 3 aliphatic heterocycles. The summed E-state index contributed by atoms with van der Waals surface area (Å²) in [7, 11) is 0. The fourth-order valence-corrected chi connectivity index (χ4v) is 10.8. The quantitative estimate of drug-likeness (QED) is 0.0189. The zero-order chi connectivity index (χ0) is 50.6. The Balaban J connectivity index is 1.17. The van der Waals surface area contributed by atoms with Gasteiger partial charge in [-0.15, -0.1) is 6.58 Å². The number of amides is 1. The number of rotatable bonds is 27. The van der Waals surface area contributed by atoms with Gasteiger partial charge in [0.05, 0.1) is 36.4 Å². The Hall–Kier alpha value is -6.50. The van der Waals surface area contributed by atoms with Crippen molar-refractivity contribution in [2.75, 3.05) is 66.1 Å². The molecule has 2 fully saturated rings. The second kappa shape index (κ2) is 24.5. The average Bonchev–Trinajstić information content (AvgIpc) is 4.12. The zero-order valence-electron chi connectivity index (χ0n) is 41.2. The SMILES string of the molecule is C=CCO[C@@]12Oc3ccc(OCCN4CC4)cc3[C@H]3[C@H](CCCCO)[C@@H](CCCCO)C=C(C(=NOCc4ccc([N+](=O)[O-])cc4)C[C@@H]1N(Cc1ccc4c(c1)OCO4)C(=O)OCCOCc1ccccc1)[C@H]32. The lowest BCUT2D eigenvalue weighted by Gasteiger charge is -2.59. The summed E-state index contributed by atoms with van der Waals surface area (Å²) in [4.78, 5) is 36.4. The number of nitrogens with zero attached hydrogens (tertiary/aromatic N) is 4. The van der Waals surface area contributed by atoms with Gasteiger partial charge in [0.25, 0.3) is 5.69 Å². The summed E-state index contributed by atoms with van der Waals surface area (Å²) in [5, 5.41) is 36.5. The number of aliphatic hydroxyl groups excluding tert-OH is 2. The Morgan fingerprint density at radius 3 is 2.40 bits per heavy atom. The molecule has 4 aromatic rings. The number of fused-ring (bicyclic) bond motifs is 3. The van der Waals surface area contributed by atoms with E-state index in [1.807, 2.05) is 60.7 Å². The van der Waals surface area contributed by atoms with E-state index in [4.69, 9.17) is 43.2 Å². The number of ether oxygens (including phenoxy) is 7. The van der Waals surface area contributed by atoms with Crippen LogP contribution in [0.5, 0.6) is 23.0 Å². The van der Waals surface area contributed by atoms with E-state index in [9.17, 15) is 20.3 Å². The van der Waals surface area contributed by atoms with E-state index >= 15 is 4.79 Å². The Morgan fingerprint density at radius 1 is 0.877 bits per heavy atom. The number of benzene rings is 4. The first-order chi connectivity index (χ1) is 35.8. The maximum atomic E-state index is 15.2. The summed E-state index contributed by atoms with van der Waals surface area (Å²) < 4.78 is 44.7. The van der Waals surface area contributed by atoms with Gasteiger partial charge in [-0.2, -0.15) is 0 Å². The molecular weight excluding hydrogens is 937 g/mol. The summed E-state index contributed by atoms with van der Waals surface area (Å²) in [6.07, 6.45) is 7.73. The molecular formula is C56H66N4O13. The lowest BCUT2D eigenvalue weighted by atomic mass is 9.55. The lowest BCUT2D eigenvalue weighted by Crippen LogP contribution is -2.70. The maximum Gasteiger partial charge on any atom is 0.410 e. The maximum absolute atomic E-state index is 15.2. The number of nitro groups is 1. The predicted octanol–water partition coefficient (Wildman–Crippen LogP) is 8.71. The molecule has 3 heterocycles. The number of hydrogen-bond donors (Lipinski definition) is 2. The van der Waals surface area contributed by atoms with Crippen molar-refractivity contribution in [2.24, 2.45) is 22.9 Å². The van der Waals surface area contributed by atoms with Gasteiger partial charge in [0.2, 0.25) is 12.6 Å². The molecule has 6 atom stereocenters. The molecule has 1 saturated heterocycles. The van der Waals surface area contributed by atoms with Crippen molar-refractivity contribution in [3.05, 3.63) is 148 Å². The monoisotopic (exact) mass is 1000 g/mol. The zero-order valence-corrected chi connectivity index (χ0v) is 41.2. The Kier molecular flexibility index (Phi) is 17.2. The Bertz CT molecular complexity index is 2570.